The van der Waals surface area contributed by atoms with Crippen molar-refractivity contribution in [2.75, 3.05) is 37.8 Å². The summed E-state index contributed by atoms with van der Waals surface area (Å²) < 4.78 is 11.2. The second-order valence-electron chi connectivity index (χ2n) is 7.87. The Morgan fingerprint density at radius 1 is 1.21 bits per heavy atom. The number of nitrogens with two attached hydrogens (primary N) is 1. The number of rotatable bonds is 6. The van der Waals surface area contributed by atoms with Crippen molar-refractivity contribution in [2.24, 2.45) is 10.9 Å². The molecule has 1 saturated heterocycles. The number of ether oxygens (including phenoxy) is 2. The maximum atomic E-state index is 10.0. The van der Waals surface area contributed by atoms with Gasteiger partial charge in [-0.1, -0.05) is 12.1 Å². The molecule has 1 aromatic heterocycles. The number of morpholine rings is 1. The normalized spacial score (nSPS) is 15.5. The zero-order valence-corrected chi connectivity index (χ0v) is 17.5. The molecule has 29 heavy (non-hydrogen) atoms. The highest BCUT2D eigenvalue weighted by molar-refractivity contribution is 6.12. The van der Waals surface area contributed by atoms with E-state index in [0.29, 0.717) is 49.5 Å². The Hall–Kier alpha value is -2.71. The lowest BCUT2D eigenvalue weighted by Crippen LogP contribution is -2.37. The molecule has 0 spiro atoms. The number of benzene rings is 1. The van der Waals surface area contributed by atoms with E-state index in [1.54, 1.807) is 19.9 Å². The van der Waals surface area contributed by atoms with Gasteiger partial charge in [-0.05, 0) is 44.9 Å². The molecule has 0 aliphatic carbocycles. The second-order valence-corrected chi connectivity index (χ2v) is 7.87. The highest BCUT2D eigenvalue weighted by atomic mass is 16.5. The Bertz CT molecular complexity index is 886. The molecule has 0 atom stereocenters. The molecule has 8 nitrogen and oxygen atoms in total. The highest BCUT2D eigenvalue weighted by Gasteiger charge is 2.21. The lowest BCUT2D eigenvalue weighted by atomic mass is 10.0. The van der Waals surface area contributed by atoms with E-state index in [-0.39, 0.29) is 6.61 Å². The highest BCUT2D eigenvalue weighted by Crippen LogP contribution is 2.21. The molecule has 0 saturated carbocycles. The van der Waals surface area contributed by atoms with Gasteiger partial charge in [0.1, 0.15) is 18.0 Å². The number of aliphatic hydroxyl groups is 1. The van der Waals surface area contributed by atoms with E-state index in [9.17, 15) is 5.11 Å². The first-order valence-corrected chi connectivity index (χ1v) is 9.69. The van der Waals surface area contributed by atoms with E-state index < -0.39 is 5.60 Å². The molecule has 0 amide bonds. The predicted octanol–water partition coefficient (Wildman–Crippen LogP) is 1.79. The summed E-state index contributed by atoms with van der Waals surface area (Å²) in [5, 5.41) is 14.0. The number of aromatic nitrogens is 2. The monoisotopic (exact) mass is 399 g/mol. The van der Waals surface area contributed by atoms with E-state index in [2.05, 4.69) is 17.0 Å². The zero-order chi connectivity index (χ0) is 21.0. The molecule has 1 aromatic carbocycles. The summed E-state index contributed by atoms with van der Waals surface area (Å²) in [6.45, 7) is 10.2. The maximum Gasteiger partial charge on any atom is 0.229 e. The molecule has 1 aliphatic rings. The molecule has 3 rings (SSSR count). The van der Waals surface area contributed by atoms with Crippen molar-refractivity contribution in [1.82, 2.24) is 9.97 Å². The first-order valence-electron chi connectivity index (χ1n) is 9.69. The number of hydrogen-bond acceptors (Lipinski definition) is 8. The predicted molar refractivity (Wildman–Crippen MR) is 113 cm³/mol. The van der Waals surface area contributed by atoms with E-state index in [1.165, 1.54) is 5.56 Å². The summed E-state index contributed by atoms with van der Waals surface area (Å²) >= 11 is 0. The van der Waals surface area contributed by atoms with Crippen LogP contribution in [0.4, 0.5) is 5.95 Å². The van der Waals surface area contributed by atoms with Crippen LogP contribution in [0, 0.1) is 13.8 Å². The quantitative estimate of drug-likeness (QED) is 0.433. The fourth-order valence-corrected chi connectivity index (χ4v) is 2.94. The Labute approximate surface area is 171 Å². The smallest absolute Gasteiger partial charge is 0.229 e. The van der Waals surface area contributed by atoms with Crippen LogP contribution < -0.4 is 15.5 Å². The van der Waals surface area contributed by atoms with Crippen LogP contribution >= 0.6 is 0 Å². The largest absolute Gasteiger partial charge is 0.474 e. The van der Waals surface area contributed by atoms with Gasteiger partial charge >= 0.3 is 0 Å². The van der Waals surface area contributed by atoms with E-state index in [4.69, 9.17) is 20.3 Å². The van der Waals surface area contributed by atoms with Gasteiger partial charge in [-0.2, -0.15) is 10.1 Å². The van der Waals surface area contributed by atoms with Crippen molar-refractivity contribution in [2.45, 2.75) is 33.3 Å². The molecule has 8 heteroatoms. The van der Waals surface area contributed by atoms with Gasteiger partial charge < -0.3 is 25.3 Å². The molecular weight excluding hydrogens is 370 g/mol. The van der Waals surface area contributed by atoms with Gasteiger partial charge in [0.15, 0.2) is 0 Å². The standard InChI is InChI=1S/C21H29N5O3/c1-14-5-6-16(11-15(14)2)19(25-22)17-12-18(29-13-21(3,4)27)24-20(23-17)26-7-9-28-10-8-26/h5-6,11-12,27H,7-10,13,22H2,1-4H3/b25-19-. The number of aryl methyl sites for hydroxylation is 2. The lowest BCUT2D eigenvalue weighted by molar-refractivity contribution is 0.0268. The van der Waals surface area contributed by atoms with Gasteiger partial charge in [0, 0.05) is 24.7 Å². The fourth-order valence-electron chi connectivity index (χ4n) is 2.94. The van der Waals surface area contributed by atoms with Crippen molar-refractivity contribution in [1.29, 1.82) is 0 Å². The van der Waals surface area contributed by atoms with Crippen LogP contribution in [0.5, 0.6) is 5.88 Å². The molecule has 156 valence electrons. The number of anilines is 1. The van der Waals surface area contributed by atoms with Crippen LogP contribution in [0.2, 0.25) is 0 Å². The van der Waals surface area contributed by atoms with Crippen LogP contribution in [0.15, 0.2) is 29.4 Å². The lowest BCUT2D eigenvalue weighted by Gasteiger charge is -2.27. The molecule has 2 heterocycles. The number of nitrogens with zero attached hydrogens (tertiary/aromatic N) is 4. The maximum absolute atomic E-state index is 10.0. The topological polar surface area (TPSA) is 106 Å². The zero-order valence-electron chi connectivity index (χ0n) is 17.5. The summed E-state index contributed by atoms with van der Waals surface area (Å²) in [7, 11) is 0. The van der Waals surface area contributed by atoms with Crippen molar-refractivity contribution in [3.63, 3.8) is 0 Å². The summed E-state index contributed by atoms with van der Waals surface area (Å²) in [6.07, 6.45) is 0. The Morgan fingerprint density at radius 3 is 2.55 bits per heavy atom. The average Bonchev–Trinajstić information content (AvgIpc) is 2.70. The third-order valence-corrected chi connectivity index (χ3v) is 4.71. The van der Waals surface area contributed by atoms with E-state index in [0.717, 1.165) is 11.1 Å². The second kappa shape index (κ2) is 8.75. The van der Waals surface area contributed by atoms with Crippen molar-refractivity contribution >= 4 is 11.7 Å². The minimum atomic E-state index is -0.983. The molecule has 2 aromatic rings. The number of hydrogen-bond donors (Lipinski definition) is 2. The fraction of sp³-hybridized carbons (Fsp3) is 0.476. The van der Waals surface area contributed by atoms with Crippen molar-refractivity contribution in [3.8, 4) is 5.88 Å². The molecule has 1 fully saturated rings. The molecular formula is C21H29N5O3. The Morgan fingerprint density at radius 2 is 1.93 bits per heavy atom. The minimum absolute atomic E-state index is 0.102. The van der Waals surface area contributed by atoms with Gasteiger partial charge in [-0.25, -0.2) is 4.98 Å². The first kappa shape index (κ1) is 21.0. The third-order valence-electron chi connectivity index (χ3n) is 4.71. The van der Waals surface area contributed by atoms with Crippen LogP contribution in [0.3, 0.4) is 0 Å². The SMILES string of the molecule is Cc1ccc(/C(=N/N)c2cc(OCC(C)(C)O)nc(N3CCOCC3)n2)cc1C. The third kappa shape index (κ3) is 5.42. The summed E-state index contributed by atoms with van der Waals surface area (Å²) in [5.41, 5.74) is 3.34. The molecule has 1 aliphatic heterocycles. The first-order chi connectivity index (χ1) is 13.8. The van der Waals surface area contributed by atoms with Crippen LogP contribution in [-0.2, 0) is 4.74 Å². The van der Waals surface area contributed by atoms with Gasteiger partial charge in [0.2, 0.25) is 11.8 Å². The molecule has 0 bridgehead atoms. The van der Waals surface area contributed by atoms with Gasteiger partial charge in [-0.3, -0.25) is 0 Å². The Balaban J connectivity index is 2.01. The number of hydrazone groups is 1. The van der Waals surface area contributed by atoms with E-state index in [1.807, 2.05) is 30.0 Å². The summed E-state index contributed by atoms with van der Waals surface area (Å²) in [5.74, 6) is 6.65. The van der Waals surface area contributed by atoms with E-state index >= 15 is 0 Å². The molecule has 0 unspecified atom stereocenters. The van der Waals surface area contributed by atoms with Gasteiger partial charge in [-0.15, -0.1) is 0 Å². The van der Waals surface area contributed by atoms with Crippen LogP contribution in [0.25, 0.3) is 0 Å². The van der Waals surface area contributed by atoms with Crippen molar-refractivity contribution < 1.29 is 14.6 Å². The molecule has 3 N–H and O–H groups in total. The summed E-state index contributed by atoms with van der Waals surface area (Å²) in [4.78, 5) is 11.3. The summed E-state index contributed by atoms with van der Waals surface area (Å²) in [6, 6.07) is 7.75. The van der Waals surface area contributed by atoms with Crippen LogP contribution in [-0.4, -0.2) is 59.3 Å². The Kier molecular flexibility index (Phi) is 6.34. The van der Waals surface area contributed by atoms with Crippen LogP contribution in [0.1, 0.15) is 36.2 Å². The minimum Gasteiger partial charge on any atom is -0.474 e. The average molecular weight is 399 g/mol. The molecule has 0 radical (unpaired) electrons. The van der Waals surface area contributed by atoms with Crippen molar-refractivity contribution in [3.05, 3.63) is 46.6 Å². The van der Waals surface area contributed by atoms with Gasteiger partial charge in [0.05, 0.1) is 18.8 Å². The van der Waals surface area contributed by atoms with Gasteiger partial charge in [0.25, 0.3) is 0 Å².